The number of hydrogen-bond acceptors (Lipinski definition) is 4. The Bertz CT molecular complexity index is 810. The molecule has 0 aromatic heterocycles. The van der Waals surface area contributed by atoms with Crippen LogP contribution in [-0.4, -0.2) is 26.6 Å². The SMILES string of the molecule is CC1(C)C(N)=N[C@](C)(c2cc(I)ccc2F)CS1(=O)=NC1CC1. The summed E-state index contributed by atoms with van der Waals surface area (Å²) in [4.78, 5) is 4.57. The van der Waals surface area contributed by atoms with Crippen molar-refractivity contribution in [3.05, 3.63) is 33.1 Å². The maximum absolute atomic E-state index is 14.4. The summed E-state index contributed by atoms with van der Waals surface area (Å²) in [5.74, 6) is 0.137. The zero-order valence-corrected chi connectivity index (χ0v) is 16.4. The molecule has 1 fully saturated rings. The Balaban J connectivity index is 2.20. The predicted octanol–water partition coefficient (Wildman–Crippen LogP) is 3.43. The topological polar surface area (TPSA) is 67.8 Å². The summed E-state index contributed by atoms with van der Waals surface area (Å²) in [6.45, 7) is 5.45. The van der Waals surface area contributed by atoms with Crippen molar-refractivity contribution in [2.45, 2.75) is 49.9 Å². The van der Waals surface area contributed by atoms with E-state index in [1.54, 1.807) is 19.1 Å². The van der Waals surface area contributed by atoms with Gasteiger partial charge in [0.05, 0.1) is 21.5 Å². The van der Waals surface area contributed by atoms with Gasteiger partial charge >= 0.3 is 0 Å². The highest BCUT2D eigenvalue weighted by Gasteiger charge is 2.48. The quantitative estimate of drug-likeness (QED) is 0.704. The number of nitrogens with two attached hydrogens (primary N) is 1. The van der Waals surface area contributed by atoms with E-state index in [9.17, 15) is 8.60 Å². The lowest BCUT2D eigenvalue weighted by molar-refractivity contribution is 0.490. The van der Waals surface area contributed by atoms with E-state index in [-0.39, 0.29) is 17.6 Å². The van der Waals surface area contributed by atoms with E-state index in [4.69, 9.17) is 5.73 Å². The molecule has 2 atom stereocenters. The van der Waals surface area contributed by atoms with Crippen molar-refractivity contribution in [1.82, 2.24) is 0 Å². The van der Waals surface area contributed by atoms with Crippen molar-refractivity contribution in [3.8, 4) is 0 Å². The van der Waals surface area contributed by atoms with Crippen LogP contribution in [-0.2, 0) is 15.3 Å². The van der Waals surface area contributed by atoms with Gasteiger partial charge in [0.25, 0.3) is 0 Å². The molecular formula is C16H21FIN3OS. The molecule has 23 heavy (non-hydrogen) atoms. The number of amidine groups is 1. The first-order chi connectivity index (χ1) is 10.6. The van der Waals surface area contributed by atoms with Gasteiger partial charge < -0.3 is 5.73 Å². The fourth-order valence-electron chi connectivity index (χ4n) is 2.80. The van der Waals surface area contributed by atoms with Crippen LogP contribution in [0.2, 0.25) is 0 Å². The third kappa shape index (κ3) is 2.90. The van der Waals surface area contributed by atoms with Gasteiger partial charge in [-0.1, -0.05) is 0 Å². The van der Waals surface area contributed by atoms with Crippen LogP contribution in [0.3, 0.4) is 0 Å². The molecule has 1 saturated carbocycles. The normalized spacial score (nSPS) is 33.2. The third-order valence-corrected chi connectivity index (χ3v) is 8.70. The van der Waals surface area contributed by atoms with Crippen LogP contribution in [0.1, 0.15) is 39.2 Å². The highest BCUT2D eigenvalue weighted by molar-refractivity contribution is 14.1. The van der Waals surface area contributed by atoms with Crippen molar-refractivity contribution >= 4 is 38.2 Å². The molecule has 2 aliphatic rings. The highest BCUT2D eigenvalue weighted by atomic mass is 127. The van der Waals surface area contributed by atoms with Crippen LogP contribution >= 0.6 is 22.6 Å². The minimum Gasteiger partial charge on any atom is -0.386 e. The van der Waals surface area contributed by atoms with Gasteiger partial charge in [0.15, 0.2) is 0 Å². The first kappa shape index (κ1) is 17.1. The highest BCUT2D eigenvalue weighted by Crippen LogP contribution is 2.41. The lowest BCUT2D eigenvalue weighted by Gasteiger charge is -2.40. The molecule has 3 rings (SSSR count). The summed E-state index contributed by atoms with van der Waals surface area (Å²) in [6, 6.07) is 5.03. The van der Waals surface area contributed by atoms with E-state index in [1.165, 1.54) is 6.07 Å². The van der Waals surface area contributed by atoms with Gasteiger partial charge in [-0.25, -0.2) is 13.0 Å². The summed E-state index contributed by atoms with van der Waals surface area (Å²) < 4.78 is 32.8. The van der Waals surface area contributed by atoms with Crippen LogP contribution in [0.5, 0.6) is 0 Å². The van der Waals surface area contributed by atoms with Crippen molar-refractivity contribution in [2.75, 3.05) is 5.75 Å². The lowest BCUT2D eigenvalue weighted by atomic mass is 9.93. The van der Waals surface area contributed by atoms with Gasteiger partial charge in [0.1, 0.15) is 21.9 Å². The predicted molar refractivity (Wildman–Crippen MR) is 101 cm³/mol. The Hall–Kier alpha value is -0.700. The summed E-state index contributed by atoms with van der Waals surface area (Å²) in [5, 5.41) is 0. The first-order valence-corrected chi connectivity index (χ1v) is 10.4. The van der Waals surface area contributed by atoms with E-state index >= 15 is 0 Å². The molecule has 1 aromatic carbocycles. The number of aliphatic imine (C=N–C) groups is 1. The summed E-state index contributed by atoms with van der Waals surface area (Å²) in [5.41, 5.74) is 5.65. The van der Waals surface area contributed by atoms with E-state index < -0.39 is 20.0 Å². The molecule has 4 nitrogen and oxygen atoms in total. The second-order valence-electron chi connectivity index (χ2n) is 7.03. The van der Waals surface area contributed by atoms with Crippen molar-refractivity contribution < 1.29 is 8.60 Å². The second-order valence-corrected chi connectivity index (χ2v) is 11.1. The maximum Gasteiger partial charge on any atom is 0.128 e. The maximum atomic E-state index is 14.4. The average Bonchev–Trinajstić information content (AvgIpc) is 3.23. The van der Waals surface area contributed by atoms with Crippen molar-refractivity contribution in [2.24, 2.45) is 15.1 Å². The Labute approximate surface area is 150 Å². The summed E-state index contributed by atoms with van der Waals surface area (Å²) >= 11 is 2.13. The lowest BCUT2D eigenvalue weighted by Crippen LogP contribution is -2.55. The smallest absolute Gasteiger partial charge is 0.128 e. The fourth-order valence-corrected chi connectivity index (χ4v) is 6.03. The van der Waals surface area contributed by atoms with Crippen LogP contribution in [0.4, 0.5) is 4.39 Å². The summed E-state index contributed by atoms with van der Waals surface area (Å²) in [6.07, 6.45) is 1.94. The van der Waals surface area contributed by atoms with Gasteiger partial charge in [0.2, 0.25) is 0 Å². The largest absolute Gasteiger partial charge is 0.386 e. The van der Waals surface area contributed by atoms with Gasteiger partial charge in [0, 0.05) is 9.13 Å². The van der Waals surface area contributed by atoms with Gasteiger partial charge in [-0.2, -0.15) is 0 Å². The standard InChI is InChI=1S/C16H21FIN3OS/c1-15(2)14(19)20-16(3,9-23(15,22)21-11-5-6-11)12-8-10(18)4-7-13(12)17/h4,7-8,11H,5-6,9H2,1-3H3,(H2,19,20)/t16-,23?/m0/s1. The molecule has 1 aliphatic carbocycles. The number of rotatable bonds is 2. The van der Waals surface area contributed by atoms with Crippen LogP contribution in [0.25, 0.3) is 0 Å². The second kappa shape index (κ2) is 5.40. The minimum absolute atomic E-state index is 0.151. The van der Waals surface area contributed by atoms with E-state index in [1.807, 2.05) is 13.8 Å². The first-order valence-electron chi connectivity index (χ1n) is 7.62. The molecule has 1 unspecified atom stereocenters. The van der Waals surface area contributed by atoms with Crippen LogP contribution in [0.15, 0.2) is 27.6 Å². The zero-order valence-electron chi connectivity index (χ0n) is 13.5. The molecule has 126 valence electrons. The van der Waals surface area contributed by atoms with E-state index in [2.05, 4.69) is 31.9 Å². The Kier molecular flexibility index (Phi) is 4.03. The van der Waals surface area contributed by atoms with Gasteiger partial charge in [-0.05, 0) is 74.4 Å². The molecule has 0 spiro atoms. The molecule has 1 aliphatic heterocycles. The molecule has 0 amide bonds. The Morgan fingerprint density at radius 2 is 2.04 bits per heavy atom. The van der Waals surface area contributed by atoms with Crippen molar-refractivity contribution in [3.63, 3.8) is 0 Å². The Morgan fingerprint density at radius 3 is 2.65 bits per heavy atom. The van der Waals surface area contributed by atoms with E-state index in [0.717, 1.165) is 16.4 Å². The van der Waals surface area contributed by atoms with Crippen LogP contribution in [0, 0.1) is 9.39 Å². The number of benzene rings is 1. The minimum atomic E-state index is -2.64. The monoisotopic (exact) mass is 449 g/mol. The third-order valence-electron chi connectivity index (χ3n) is 4.63. The molecule has 2 N–H and O–H groups in total. The molecular weight excluding hydrogens is 428 g/mol. The molecule has 0 saturated heterocycles. The molecule has 1 heterocycles. The molecule has 0 radical (unpaired) electrons. The molecule has 1 aromatic rings. The number of halogens is 2. The van der Waals surface area contributed by atoms with E-state index in [0.29, 0.717) is 11.4 Å². The zero-order chi connectivity index (χ0) is 17.0. The van der Waals surface area contributed by atoms with Crippen molar-refractivity contribution in [1.29, 1.82) is 0 Å². The molecule has 0 bridgehead atoms. The number of nitrogens with zero attached hydrogens (tertiary/aromatic N) is 2. The van der Waals surface area contributed by atoms with Gasteiger partial charge in [-0.15, -0.1) is 0 Å². The van der Waals surface area contributed by atoms with Gasteiger partial charge in [-0.3, -0.25) is 4.99 Å². The Morgan fingerprint density at radius 1 is 1.39 bits per heavy atom. The number of hydrogen-bond donors (Lipinski definition) is 1. The fraction of sp³-hybridized carbons (Fsp3) is 0.562. The summed E-state index contributed by atoms with van der Waals surface area (Å²) in [7, 11) is -2.64. The van der Waals surface area contributed by atoms with Crippen LogP contribution < -0.4 is 5.73 Å². The average molecular weight is 449 g/mol. The molecule has 7 heteroatoms.